The van der Waals surface area contributed by atoms with Crippen LogP contribution in [0.4, 0.5) is 0 Å². The number of carbonyl (C=O) groups excluding carboxylic acids is 1. The van der Waals surface area contributed by atoms with Crippen LogP contribution in [0.15, 0.2) is 0 Å². The van der Waals surface area contributed by atoms with Gasteiger partial charge in [-0.2, -0.15) is 0 Å². The quantitative estimate of drug-likeness (QED) is 0.753. The maximum absolute atomic E-state index is 12.1. The van der Waals surface area contributed by atoms with Gasteiger partial charge in [-0.05, 0) is 19.3 Å². The second kappa shape index (κ2) is 4.92. The maximum atomic E-state index is 12.1. The molecule has 0 aliphatic heterocycles. The zero-order valence-corrected chi connectivity index (χ0v) is 9.51. The van der Waals surface area contributed by atoms with Gasteiger partial charge in [-0.3, -0.25) is 4.79 Å². The fraction of sp³-hybridized carbons (Fsp3) is 0.917. The summed E-state index contributed by atoms with van der Waals surface area (Å²) in [4.78, 5) is 12.1. The molecule has 0 saturated heterocycles. The van der Waals surface area contributed by atoms with Crippen LogP contribution in [0.25, 0.3) is 0 Å². The normalized spacial score (nSPS) is 23.1. The fourth-order valence-corrected chi connectivity index (χ4v) is 2.48. The largest absolute Gasteiger partial charge is 0.319 e. The molecular formula is C12H23NO. The molecule has 1 fully saturated rings. The van der Waals surface area contributed by atoms with Crippen LogP contribution in [0.1, 0.15) is 58.8 Å². The van der Waals surface area contributed by atoms with Crippen molar-refractivity contribution in [3.63, 3.8) is 0 Å². The van der Waals surface area contributed by atoms with Gasteiger partial charge in [0.05, 0.1) is 5.54 Å². The Hall–Kier alpha value is -0.370. The fourth-order valence-electron chi connectivity index (χ4n) is 2.48. The van der Waals surface area contributed by atoms with Crippen LogP contribution in [0.3, 0.4) is 0 Å². The van der Waals surface area contributed by atoms with Gasteiger partial charge < -0.3 is 5.73 Å². The van der Waals surface area contributed by atoms with Gasteiger partial charge in [-0.15, -0.1) is 0 Å². The van der Waals surface area contributed by atoms with Gasteiger partial charge >= 0.3 is 0 Å². The second-order valence-corrected chi connectivity index (χ2v) is 4.77. The third-order valence-electron chi connectivity index (χ3n) is 3.41. The summed E-state index contributed by atoms with van der Waals surface area (Å²) in [6, 6.07) is 0. The Morgan fingerprint density at radius 1 is 1.36 bits per heavy atom. The summed E-state index contributed by atoms with van der Waals surface area (Å²) in [5.74, 6) is 0.460. The van der Waals surface area contributed by atoms with Crippen LogP contribution in [0.5, 0.6) is 0 Å². The van der Waals surface area contributed by atoms with E-state index in [9.17, 15) is 4.79 Å². The van der Waals surface area contributed by atoms with Crippen LogP contribution < -0.4 is 5.73 Å². The Morgan fingerprint density at radius 3 is 2.43 bits per heavy atom. The van der Waals surface area contributed by atoms with E-state index in [4.69, 9.17) is 5.73 Å². The lowest BCUT2D eigenvalue weighted by Gasteiger charge is -2.34. The SMILES string of the molecule is CCCC(C)C(=O)C1(N)CCCCC1. The van der Waals surface area contributed by atoms with Gasteiger partial charge in [0.1, 0.15) is 0 Å². The lowest BCUT2D eigenvalue weighted by molar-refractivity contribution is -0.129. The molecule has 14 heavy (non-hydrogen) atoms. The van der Waals surface area contributed by atoms with Gasteiger partial charge in [0.2, 0.25) is 0 Å². The molecule has 1 aliphatic rings. The molecule has 82 valence electrons. The minimum absolute atomic E-state index is 0.156. The van der Waals surface area contributed by atoms with Crippen LogP contribution in [-0.4, -0.2) is 11.3 Å². The third kappa shape index (κ3) is 2.57. The number of hydrogen-bond donors (Lipinski definition) is 1. The van der Waals surface area contributed by atoms with E-state index >= 15 is 0 Å². The minimum atomic E-state index is -0.479. The average Bonchev–Trinajstić information content (AvgIpc) is 2.18. The van der Waals surface area contributed by atoms with Gasteiger partial charge in [-0.1, -0.05) is 39.5 Å². The van der Waals surface area contributed by atoms with Crippen molar-refractivity contribution in [3.05, 3.63) is 0 Å². The molecule has 2 heteroatoms. The molecule has 0 aromatic heterocycles. The molecule has 2 nitrogen and oxygen atoms in total. The molecule has 0 spiro atoms. The van der Waals surface area contributed by atoms with E-state index in [0.29, 0.717) is 5.78 Å². The molecule has 1 unspecified atom stereocenters. The van der Waals surface area contributed by atoms with E-state index in [1.807, 2.05) is 6.92 Å². The summed E-state index contributed by atoms with van der Waals surface area (Å²) in [5.41, 5.74) is 5.70. The first-order chi connectivity index (χ1) is 6.60. The van der Waals surface area contributed by atoms with Crippen molar-refractivity contribution in [1.82, 2.24) is 0 Å². The molecule has 0 aromatic rings. The van der Waals surface area contributed by atoms with Crippen LogP contribution >= 0.6 is 0 Å². The molecule has 0 aromatic carbocycles. The molecule has 0 radical (unpaired) electrons. The predicted molar refractivity (Wildman–Crippen MR) is 59.1 cm³/mol. The number of hydrogen-bond acceptors (Lipinski definition) is 2. The van der Waals surface area contributed by atoms with Crippen molar-refractivity contribution >= 4 is 5.78 Å². The molecule has 0 heterocycles. The smallest absolute Gasteiger partial charge is 0.155 e. The van der Waals surface area contributed by atoms with Crippen molar-refractivity contribution in [1.29, 1.82) is 0 Å². The molecule has 0 bridgehead atoms. The van der Waals surface area contributed by atoms with Gasteiger partial charge in [0, 0.05) is 5.92 Å². The lowest BCUT2D eigenvalue weighted by atomic mass is 9.75. The van der Waals surface area contributed by atoms with Crippen molar-refractivity contribution in [2.75, 3.05) is 0 Å². The predicted octanol–water partition coefficient (Wildman–Crippen LogP) is 2.65. The highest BCUT2D eigenvalue weighted by Gasteiger charge is 2.37. The van der Waals surface area contributed by atoms with Crippen molar-refractivity contribution in [2.45, 2.75) is 64.3 Å². The monoisotopic (exact) mass is 197 g/mol. The number of rotatable bonds is 4. The molecule has 2 N–H and O–H groups in total. The first-order valence-electron chi connectivity index (χ1n) is 5.93. The molecular weight excluding hydrogens is 174 g/mol. The summed E-state index contributed by atoms with van der Waals surface area (Å²) in [6.45, 7) is 4.14. The van der Waals surface area contributed by atoms with E-state index in [1.165, 1.54) is 6.42 Å². The van der Waals surface area contributed by atoms with Crippen LogP contribution in [-0.2, 0) is 4.79 Å². The molecule has 1 atom stereocenters. The molecule has 0 amide bonds. The topological polar surface area (TPSA) is 43.1 Å². The zero-order chi connectivity index (χ0) is 10.6. The van der Waals surface area contributed by atoms with E-state index < -0.39 is 5.54 Å². The summed E-state index contributed by atoms with van der Waals surface area (Å²) >= 11 is 0. The van der Waals surface area contributed by atoms with E-state index in [1.54, 1.807) is 0 Å². The summed E-state index contributed by atoms with van der Waals surface area (Å²) in [5, 5.41) is 0. The first-order valence-corrected chi connectivity index (χ1v) is 5.93. The Kier molecular flexibility index (Phi) is 4.11. The molecule has 1 aliphatic carbocycles. The highest BCUT2D eigenvalue weighted by molar-refractivity contribution is 5.90. The molecule has 1 saturated carbocycles. The Morgan fingerprint density at radius 2 is 1.93 bits per heavy atom. The Balaban J connectivity index is 2.56. The van der Waals surface area contributed by atoms with Crippen LogP contribution in [0.2, 0.25) is 0 Å². The van der Waals surface area contributed by atoms with E-state index in [-0.39, 0.29) is 5.92 Å². The highest BCUT2D eigenvalue weighted by Crippen LogP contribution is 2.29. The second-order valence-electron chi connectivity index (χ2n) is 4.77. The third-order valence-corrected chi connectivity index (χ3v) is 3.41. The standard InChI is InChI=1S/C12H23NO/c1-3-7-10(2)11(14)12(13)8-5-4-6-9-12/h10H,3-9,13H2,1-2H3. The van der Waals surface area contributed by atoms with Gasteiger partial charge in [0.15, 0.2) is 5.78 Å². The van der Waals surface area contributed by atoms with Crippen molar-refractivity contribution < 1.29 is 4.79 Å². The number of ketones is 1. The minimum Gasteiger partial charge on any atom is -0.319 e. The summed E-state index contributed by atoms with van der Waals surface area (Å²) < 4.78 is 0. The van der Waals surface area contributed by atoms with Crippen molar-refractivity contribution in [2.24, 2.45) is 11.7 Å². The Bertz CT molecular complexity index is 194. The zero-order valence-electron chi connectivity index (χ0n) is 9.51. The van der Waals surface area contributed by atoms with Gasteiger partial charge in [-0.25, -0.2) is 0 Å². The van der Waals surface area contributed by atoms with Crippen LogP contribution in [0, 0.1) is 5.92 Å². The molecule has 1 rings (SSSR count). The lowest BCUT2D eigenvalue weighted by Crippen LogP contribution is -2.51. The maximum Gasteiger partial charge on any atom is 0.155 e. The average molecular weight is 197 g/mol. The number of carbonyl (C=O) groups is 1. The van der Waals surface area contributed by atoms with Crippen molar-refractivity contribution in [3.8, 4) is 0 Å². The van der Waals surface area contributed by atoms with E-state index in [0.717, 1.165) is 38.5 Å². The number of Topliss-reactive ketones (excluding diaryl/α,β-unsaturated/α-hetero) is 1. The Labute approximate surface area is 87.2 Å². The number of nitrogens with two attached hydrogens (primary N) is 1. The summed E-state index contributed by atoms with van der Waals surface area (Å²) in [7, 11) is 0. The highest BCUT2D eigenvalue weighted by atomic mass is 16.1. The summed E-state index contributed by atoms with van der Waals surface area (Å²) in [6.07, 6.45) is 7.36. The van der Waals surface area contributed by atoms with Gasteiger partial charge in [0.25, 0.3) is 0 Å². The first kappa shape index (κ1) is 11.7. The van der Waals surface area contributed by atoms with E-state index in [2.05, 4.69) is 6.92 Å².